The van der Waals surface area contributed by atoms with Gasteiger partial charge in [0.25, 0.3) is 5.91 Å². The van der Waals surface area contributed by atoms with E-state index in [0.717, 1.165) is 47.7 Å². The molecular weight excluding hydrogens is 576 g/mol. The fraction of sp³-hybridized carbons (Fsp3) is 0.375. The highest BCUT2D eigenvalue weighted by atomic mass is 79.9. The second-order valence-corrected chi connectivity index (χ2v) is 11.4. The molecule has 1 atom stereocenters. The van der Waals surface area contributed by atoms with E-state index in [0.29, 0.717) is 17.2 Å². The Kier molecular flexibility index (Phi) is 10.9. The van der Waals surface area contributed by atoms with Gasteiger partial charge in [0.05, 0.1) is 4.47 Å². The van der Waals surface area contributed by atoms with Crippen LogP contribution in [0.2, 0.25) is 5.02 Å². The maximum absolute atomic E-state index is 13.8. The van der Waals surface area contributed by atoms with E-state index in [1.165, 1.54) is 12.0 Å². The minimum absolute atomic E-state index is 0.124. The first kappa shape index (κ1) is 29.2. The lowest BCUT2D eigenvalue weighted by atomic mass is 9.94. The Bertz CT molecular complexity index is 1230. The highest BCUT2D eigenvalue weighted by molar-refractivity contribution is 9.10. The van der Waals surface area contributed by atoms with Gasteiger partial charge in [-0.25, -0.2) is 0 Å². The molecule has 206 valence electrons. The van der Waals surface area contributed by atoms with E-state index < -0.39 is 6.04 Å². The average molecular weight is 612 g/mol. The van der Waals surface area contributed by atoms with Crippen LogP contribution in [0.5, 0.6) is 5.75 Å². The number of amides is 2. The molecule has 0 heterocycles. The van der Waals surface area contributed by atoms with E-state index >= 15 is 0 Å². The third kappa shape index (κ3) is 8.58. The summed E-state index contributed by atoms with van der Waals surface area (Å²) in [5.41, 5.74) is 3.06. The maximum atomic E-state index is 13.8. The zero-order chi connectivity index (χ0) is 27.6. The number of carbonyl (C=O) groups is 2. The van der Waals surface area contributed by atoms with E-state index in [1.807, 2.05) is 60.7 Å². The number of ether oxygens (including phenoxy) is 1. The predicted octanol–water partition coefficient (Wildman–Crippen LogP) is 7.13. The maximum Gasteiger partial charge on any atom is 0.261 e. The molecule has 3 aromatic carbocycles. The van der Waals surface area contributed by atoms with Crippen LogP contribution < -0.4 is 10.1 Å². The normalized spacial score (nSPS) is 14.4. The molecule has 1 aliphatic carbocycles. The SMILES string of the molecule is CCc1ccc(OCC(=O)N(Cc2ccc(Cl)cc2)C(Cc2ccccc2)C(=O)NC2CCCCC2)c(Br)c1. The van der Waals surface area contributed by atoms with Crippen molar-refractivity contribution in [3.05, 3.63) is 99.0 Å². The summed E-state index contributed by atoms with van der Waals surface area (Å²) < 4.78 is 6.78. The molecule has 0 aromatic heterocycles. The first-order valence-electron chi connectivity index (χ1n) is 13.7. The lowest BCUT2D eigenvalue weighted by molar-refractivity contribution is -0.143. The molecule has 0 aliphatic heterocycles. The molecule has 0 bridgehead atoms. The summed E-state index contributed by atoms with van der Waals surface area (Å²) in [6.07, 6.45) is 6.69. The number of nitrogens with zero attached hydrogens (tertiary/aromatic N) is 1. The second-order valence-electron chi connectivity index (χ2n) is 10.1. The van der Waals surface area contributed by atoms with Gasteiger partial charge >= 0.3 is 0 Å². The lowest BCUT2D eigenvalue weighted by Crippen LogP contribution is -2.53. The van der Waals surface area contributed by atoms with Crippen molar-refractivity contribution in [1.82, 2.24) is 10.2 Å². The van der Waals surface area contributed by atoms with E-state index in [1.54, 1.807) is 17.0 Å². The van der Waals surface area contributed by atoms with Crippen molar-refractivity contribution in [3.8, 4) is 5.75 Å². The number of hydrogen-bond donors (Lipinski definition) is 1. The summed E-state index contributed by atoms with van der Waals surface area (Å²) in [4.78, 5) is 29.3. The summed E-state index contributed by atoms with van der Waals surface area (Å²) in [6, 6.07) is 22.6. The second kappa shape index (κ2) is 14.5. The van der Waals surface area contributed by atoms with Crippen LogP contribution in [0, 0.1) is 0 Å². The zero-order valence-electron chi connectivity index (χ0n) is 22.4. The molecule has 4 rings (SSSR count). The highest BCUT2D eigenvalue weighted by Crippen LogP contribution is 2.27. The van der Waals surface area contributed by atoms with Crippen molar-refractivity contribution < 1.29 is 14.3 Å². The van der Waals surface area contributed by atoms with Crippen LogP contribution in [-0.2, 0) is 29.0 Å². The van der Waals surface area contributed by atoms with Gasteiger partial charge in [-0.1, -0.05) is 86.3 Å². The molecule has 0 spiro atoms. The van der Waals surface area contributed by atoms with E-state index in [-0.39, 0.29) is 31.0 Å². The molecule has 1 saturated carbocycles. The molecule has 2 amide bonds. The van der Waals surface area contributed by atoms with Crippen LogP contribution in [0.1, 0.15) is 55.7 Å². The predicted molar refractivity (Wildman–Crippen MR) is 160 cm³/mol. The molecule has 0 saturated heterocycles. The summed E-state index contributed by atoms with van der Waals surface area (Å²) in [5, 5.41) is 3.88. The lowest BCUT2D eigenvalue weighted by Gasteiger charge is -2.33. The van der Waals surface area contributed by atoms with Crippen LogP contribution in [-0.4, -0.2) is 35.4 Å². The minimum Gasteiger partial charge on any atom is -0.483 e. The molecule has 1 N–H and O–H groups in total. The third-order valence-electron chi connectivity index (χ3n) is 7.24. The van der Waals surface area contributed by atoms with Crippen molar-refractivity contribution in [1.29, 1.82) is 0 Å². The van der Waals surface area contributed by atoms with Crippen molar-refractivity contribution in [2.24, 2.45) is 0 Å². The van der Waals surface area contributed by atoms with Crippen LogP contribution in [0.25, 0.3) is 0 Å². The smallest absolute Gasteiger partial charge is 0.261 e. The van der Waals surface area contributed by atoms with Crippen molar-refractivity contribution >= 4 is 39.3 Å². The van der Waals surface area contributed by atoms with Gasteiger partial charge in [0.2, 0.25) is 5.91 Å². The van der Waals surface area contributed by atoms with E-state index in [2.05, 4.69) is 28.2 Å². The fourth-order valence-corrected chi connectivity index (χ4v) is 5.66. The molecule has 5 nitrogen and oxygen atoms in total. The molecule has 1 unspecified atom stereocenters. The van der Waals surface area contributed by atoms with Gasteiger partial charge in [0.15, 0.2) is 6.61 Å². The number of hydrogen-bond acceptors (Lipinski definition) is 3. The quantitative estimate of drug-likeness (QED) is 0.251. The zero-order valence-corrected chi connectivity index (χ0v) is 24.7. The van der Waals surface area contributed by atoms with Gasteiger partial charge < -0.3 is 15.0 Å². The van der Waals surface area contributed by atoms with Crippen molar-refractivity contribution in [2.75, 3.05) is 6.61 Å². The van der Waals surface area contributed by atoms with Crippen molar-refractivity contribution in [2.45, 2.75) is 70.5 Å². The molecule has 3 aromatic rings. The van der Waals surface area contributed by atoms with E-state index in [9.17, 15) is 9.59 Å². The molecule has 1 aliphatic rings. The number of carbonyl (C=O) groups excluding carboxylic acids is 2. The van der Waals surface area contributed by atoms with Crippen LogP contribution >= 0.6 is 27.5 Å². The molecular formula is C32H36BrClN2O3. The van der Waals surface area contributed by atoms with E-state index in [4.69, 9.17) is 16.3 Å². The Morgan fingerprint density at radius 3 is 2.33 bits per heavy atom. The fourth-order valence-electron chi connectivity index (χ4n) is 4.99. The highest BCUT2D eigenvalue weighted by Gasteiger charge is 2.32. The summed E-state index contributed by atoms with van der Waals surface area (Å²) in [6.45, 7) is 2.18. The van der Waals surface area contributed by atoms with Crippen LogP contribution in [0.4, 0.5) is 0 Å². The number of halogens is 2. The number of aryl methyl sites for hydroxylation is 1. The first-order valence-corrected chi connectivity index (χ1v) is 14.9. The Hall–Kier alpha value is -2.83. The minimum atomic E-state index is -0.688. The summed E-state index contributed by atoms with van der Waals surface area (Å²) in [5.74, 6) is 0.218. The van der Waals surface area contributed by atoms with Crippen molar-refractivity contribution in [3.63, 3.8) is 0 Å². The third-order valence-corrected chi connectivity index (χ3v) is 8.12. The van der Waals surface area contributed by atoms with Gasteiger partial charge in [-0.15, -0.1) is 0 Å². The largest absolute Gasteiger partial charge is 0.483 e. The average Bonchev–Trinajstić information content (AvgIpc) is 2.96. The van der Waals surface area contributed by atoms with Crippen LogP contribution in [0.15, 0.2) is 77.3 Å². The number of benzene rings is 3. The van der Waals surface area contributed by atoms with Gasteiger partial charge in [-0.2, -0.15) is 0 Å². The Morgan fingerprint density at radius 2 is 1.67 bits per heavy atom. The summed E-state index contributed by atoms with van der Waals surface area (Å²) >= 11 is 9.69. The first-order chi connectivity index (χ1) is 18.9. The molecule has 39 heavy (non-hydrogen) atoms. The number of nitrogens with one attached hydrogen (secondary N) is 1. The molecule has 7 heteroatoms. The monoisotopic (exact) mass is 610 g/mol. The topological polar surface area (TPSA) is 58.6 Å². The molecule has 0 radical (unpaired) electrons. The van der Waals surface area contributed by atoms with Gasteiger partial charge in [-0.3, -0.25) is 9.59 Å². The van der Waals surface area contributed by atoms with Gasteiger partial charge in [0.1, 0.15) is 11.8 Å². The Morgan fingerprint density at radius 1 is 0.974 bits per heavy atom. The number of rotatable bonds is 11. The summed E-state index contributed by atoms with van der Waals surface area (Å²) in [7, 11) is 0. The Balaban J connectivity index is 1.60. The van der Waals surface area contributed by atoms with Gasteiger partial charge in [-0.05, 0) is 76.1 Å². The van der Waals surface area contributed by atoms with Gasteiger partial charge in [0, 0.05) is 24.0 Å². The van der Waals surface area contributed by atoms with Crippen LogP contribution in [0.3, 0.4) is 0 Å². The molecule has 1 fully saturated rings. The Labute approximate surface area is 245 Å². The standard InChI is InChI=1S/C32H36BrClN2O3/c1-2-23-15-18-30(28(33)19-23)39-22-31(37)36(21-25-13-16-26(34)17-14-25)29(20-24-9-5-3-6-10-24)32(38)35-27-11-7-4-8-12-27/h3,5-6,9-10,13-19,27,29H,2,4,7-8,11-12,20-22H2,1H3,(H,35,38).